The first-order valence-electron chi connectivity index (χ1n) is 9.70. The van der Waals surface area contributed by atoms with E-state index in [0.717, 1.165) is 28.3 Å². The molecular formula is C24H20N4OS. The minimum Gasteiger partial charge on any atom is -0.317 e. The minimum absolute atomic E-state index is 0.179. The van der Waals surface area contributed by atoms with Crippen molar-refractivity contribution in [3.8, 4) is 5.69 Å². The lowest BCUT2D eigenvalue weighted by atomic mass is 10.1. The molecule has 30 heavy (non-hydrogen) atoms. The number of carbonyl (C=O) groups excluding carboxylic acids is 1. The standard InChI is InChI=1S/C24H20N4OS/c1-14-11-18(12-20-22(25)28-15(2)13-30-24(28)26-23(20)29)16(3)27(14)21-10-6-8-17-7-4-5-9-19(17)21/h4-13,25H,1-3H3. The van der Waals surface area contributed by atoms with Gasteiger partial charge in [-0.2, -0.15) is 4.99 Å². The van der Waals surface area contributed by atoms with Gasteiger partial charge in [-0.3, -0.25) is 15.1 Å². The SMILES string of the molecule is CC1=CSC2=NC(=O)C(=Cc3cc(C)n(-c4cccc5ccccc45)c3C)C(=N)N12. The number of aromatic nitrogens is 1. The molecule has 6 heteroatoms. The molecule has 2 aromatic carbocycles. The van der Waals surface area contributed by atoms with Gasteiger partial charge in [0.15, 0.2) is 5.17 Å². The average molecular weight is 413 g/mol. The van der Waals surface area contributed by atoms with E-state index in [2.05, 4.69) is 52.9 Å². The van der Waals surface area contributed by atoms with Crippen molar-refractivity contribution >= 4 is 45.5 Å². The van der Waals surface area contributed by atoms with Crippen molar-refractivity contribution in [2.75, 3.05) is 0 Å². The summed E-state index contributed by atoms with van der Waals surface area (Å²) in [6.07, 6.45) is 1.80. The third kappa shape index (κ3) is 2.75. The zero-order chi connectivity index (χ0) is 21.0. The number of benzene rings is 2. The van der Waals surface area contributed by atoms with E-state index in [1.54, 1.807) is 11.0 Å². The van der Waals surface area contributed by atoms with E-state index in [4.69, 9.17) is 5.41 Å². The molecule has 0 saturated heterocycles. The van der Waals surface area contributed by atoms with Gasteiger partial charge in [0.05, 0.1) is 11.3 Å². The van der Waals surface area contributed by atoms with Crippen LogP contribution in [0.4, 0.5) is 0 Å². The molecule has 1 amide bonds. The highest BCUT2D eigenvalue weighted by atomic mass is 32.2. The van der Waals surface area contributed by atoms with Crippen LogP contribution >= 0.6 is 11.8 Å². The van der Waals surface area contributed by atoms with E-state index in [-0.39, 0.29) is 11.7 Å². The topological polar surface area (TPSA) is 61.5 Å². The molecule has 0 unspecified atom stereocenters. The number of amides is 1. The van der Waals surface area contributed by atoms with Gasteiger partial charge in [-0.1, -0.05) is 48.2 Å². The highest BCUT2D eigenvalue weighted by Gasteiger charge is 2.34. The summed E-state index contributed by atoms with van der Waals surface area (Å²) in [6.45, 7) is 6.03. The summed E-state index contributed by atoms with van der Waals surface area (Å²) >= 11 is 1.38. The number of aliphatic imine (C=N–C) groups is 1. The molecule has 5 rings (SSSR count). The van der Waals surface area contributed by atoms with Gasteiger partial charge in [-0.05, 0) is 55.3 Å². The van der Waals surface area contributed by atoms with Crippen molar-refractivity contribution in [2.24, 2.45) is 4.99 Å². The highest BCUT2D eigenvalue weighted by molar-refractivity contribution is 8.16. The molecule has 0 aliphatic carbocycles. The molecule has 1 aromatic heterocycles. The summed E-state index contributed by atoms with van der Waals surface area (Å²) < 4.78 is 2.21. The van der Waals surface area contributed by atoms with Crippen LogP contribution in [0.2, 0.25) is 0 Å². The molecule has 3 aromatic rings. The molecule has 0 atom stereocenters. The smallest absolute Gasteiger partial charge is 0.283 e. The number of rotatable bonds is 2. The molecule has 3 heterocycles. The number of allylic oxidation sites excluding steroid dienone is 1. The fraction of sp³-hybridized carbons (Fsp3) is 0.125. The van der Waals surface area contributed by atoms with Gasteiger partial charge in [0.25, 0.3) is 5.91 Å². The molecule has 0 fully saturated rings. The molecule has 2 aliphatic rings. The predicted molar refractivity (Wildman–Crippen MR) is 124 cm³/mol. The van der Waals surface area contributed by atoms with Crippen LogP contribution < -0.4 is 0 Å². The summed E-state index contributed by atoms with van der Waals surface area (Å²) in [6, 6.07) is 16.7. The van der Waals surface area contributed by atoms with Crippen LogP contribution in [0.25, 0.3) is 22.5 Å². The molecule has 0 spiro atoms. The van der Waals surface area contributed by atoms with Gasteiger partial charge >= 0.3 is 0 Å². The fourth-order valence-electron chi connectivity index (χ4n) is 4.10. The molecule has 5 nitrogen and oxygen atoms in total. The van der Waals surface area contributed by atoms with E-state index in [1.165, 1.54) is 22.5 Å². The maximum absolute atomic E-state index is 12.6. The van der Waals surface area contributed by atoms with E-state index < -0.39 is 0 Å². The number of aryl methyl sites for hydroxylation is 1. The number of hydrogen-bond donors (Lipinski definition) is 1. The van der Waals surface area contributed by atoms with Crippen LogP contribution in [-0.2, 0) is 4.79 Å². The highest BCUT2D eigenvalue weighted by Crippen LogP contribution is 2.33. The number of nitrogens with zero attached hydrogens (tertiary/aromatic N) is 3. The Balaban J connectivity index is 1.64. The first kappa shape index (κ1) is 18.6. The Morgan fingerprint density at radius 2 is 1.83 bits per heavy atom. The number of hydrogen-bond acceptors (Lipinski definition) is 3. The Hall–Kier alpha value is -3.38. The maximum Gasteiger partial charge on any atom is 0.283 e. The van der Waals surface area contributed by atoms with Gasteiger partial charge in [-0.15, -0.1) is 0 Å². The van der Waals surface area contributed by atoms with Gasteiger partial charge in [0.2, 0.25) is 0 Å². The predicted octanol–water partition coefficient (Wildman–Crippen LogP) is 5.41. The van der Waals surface area contributed by atoms with Crippen molar-refractivity contribution in [3.63, 3.8) is 0 Å². The summed E-state index contributed by atoms with van der Waals surface area (Å²) in [4.78, 5) is 18.5. The van der Waals surface area contributed by atoms with Crippen LogP contribution in [0.1, 0.15) is 23.9 Å². The number of fused-ring (bicyclic) bond motifs is 2. The monoisotopic (exact) mass is 412 g/mol. The molecule has 1 N–H and O–H groups in total. The molecule has 148 valence electrons. The van der Waals surface area contributed by atoms with Gasteiger partial charge in [-0.25, -0.2) is 0 Å². The lowest BCUT2D eigenvalue weighted by molar-refractivity contribution is -0.114. The van der Waals surface area contributed by atoms with E-state index >= 15 is 0 Å². The minimum atomic E-state index is -0.364. The summed E-state index contributed by atoms with van der Waals surface area (Å²) in [5.74, 6) is -0.185. The zero-order valence-electron chi connectivity index (χ0n) is 16.9. The first-order valence-corrected chi connectivity index (χ1v) is 10.6. The van der Waals surface area contributed by atoms with Crippen LogP contribution in [0.5, 0.6) is 0 Å². The molecule has 0 saturated carbocycles. The Labute approximate surface area is 178 Å². The van der Waals surface area contributed by atoms with Crippen LogP contribution in [0, 0.1) is 19.3 Å². The summed E-state index contributed by atoms with van der Waals surface area (Å²) in [5, 5.41) is 13.4. The Kier molecular flexibility index (Phi) is 4.25. The number of amidine groups is 2. The second kappa shape index (κ2) is 6.85. The van der Waals surface area contributed by atoms with E-state index in [9.17, 15) is 4.79 Å². The van der Waals surface area contributed by atoms with Crippen LogP contribution in [0.3, 0.4) is 0 Å². The second-order valence-electron chi connectivity index (χ2n) is 7.48. The van der Waals surface area contributed by atoms with Crippen molar-refractivity contribution in [1.82, 2.24) is 9.47 Å². The Morgan fingerprint density at radius 1 is 1.07 bits per heavy atom. The normalized spacial score (nSPS) is 17.6. The summed E-state index contributed by atoms with van der Waals surface area (Å²) in [7, 11) is 0. The largest absolute Gasteiger partial charge is 0.317 e. The van der Waals surface area contributed by atoms with Crippen LogP contribution in [-0.4, -0.2) is 26.4 Å². The molecule has 2 aliphatic heterocycles. The van der Waals surface area contributed by atoms with E-state index in [0.29, 0.717) is 10.7 Å². The molecule has 0 bridgehead atoms. The van der Waals surface area contributed by atoms with Crippen molar-refractivity contribution in [1.29, 1.82) is 5.41 Å². The molecular weight excluding hydrogens is 392 g/mol. The number of nitrogens with one attached hydrogen (secondary N) is 1. The first-order chi connectivity index (χ1) is 14.5. The third-order valence-corrected chi connectivity index (χ3v) is 6.51. The number of thioether (sulfide) groups is 1. The third-order valence-electron chi connectivity index (χ3n) is 5.56. The van der Waals surface area contributed by atoms with Gasteiger partial charge in [0, 0.05) is 22.5 Å². The lowest BCUT2D eigenvalue weighted by Gasteiger charge is -2.25. The Bertz CT molecular complexity index is 1340. The lowest BCUT2D eigenvalue weighted by Crippen LogP contribution is -2.37. The zero-order valence-corrected chi connectivity index (χ0v) is 17.7. The quantitative estimate of drug-likeness (QED) is 0.572. The van der Waals surface area contributed by atoms with Crippen LogP contribution in [0.15, 0.2) is 70.2 Å². The summed E-state index contributed by atoms with van der Waals surface area (Å²) in [5.41, 5.74) is 5.33. The van der Waals surface area contributed by atoms with Crippen molar-refractivity contribution in [2.45, 2.75) is 20.8 Å². The van der Waals surface area contributed by atoms with E-state index in [1.807, 2.05) is 31.4 Å². The van der Waals surface area contributed by atoms with Crippen molar-refractivity contribution < 1.29 is 4.79 Å². The van der Waals surface area contributed by atoms with Gasteiger partial charge < -0.3 is 4.57 Å². The molecule has 0 radical (unpaired) electrons. The average Bonchev–Trinajstić information content (AvgIpc) is 3.23. The number of carbonyl (C=O) groups is 1. The second-order valence-corrected chi connectivity index (χ2v) is 8.32. The van der Waals surface area contributed by atoms with Gasteiger partial charge in [0.1, 0.15) is 5.84 Å². The Morgan fingerprint density at radius 3 is 2.67 bits per heavy atom. The fourth-order valence-corrected chi connectivity index (χ4v) is 4.96. The maximum atomic E-state index is 12.6. The van der Waals surface area contributed by atoms with Crippen molar-refractivity contribution in [3.05, 3.63) is 82.2 Å².